The first-order chi connectivity index (χ1) is 30.0. The summed E-state index contributed by atoms with van der Waals surface area (Å²) in [5, 5.41) is 0. The number of unbranched alkanes of at least 4 members (excludes halogenated alkanes) is 22. The highest BCUT2D eigenvalue weighted by Gasteiger charge is 2.19. The van der Waals surface area contributed by atoms with Gasteiger partial charge in [-0.2, -0.15) is 0 Å². The molecule has 0 spiro atoms. The zero-order valence-corrected chi connectivity index (χ0v) is 39.9. The first-order valence-corrected chi connectivity index (χ1v) is 25.4. The van der Waals surface area contributed by atoms with Gasteiger partial charge in [0.2, 0.25) is 0 Å². The van der Waals surface area contributed by atoms with Gasteiger partial charge in [0, 0.05) is 19.3 Å². The van der Waals surface area contributed by atoms with Gasteiger partial charge in [-0.3, -0.25) is 14.4 Å². The molecule has 0 heterocycles. The standard InChI is InChI=1S/C55H94O6/c1-4-7-10-13-16-19-22-24-26-27-29-31-34-37-40-43-46-49-55(58)61-52(50-59-53(56)47-44-41-38-35-32-21-18-15-12-9-6-3)51-60-54(57)48-45-42-39-36-33-30-28-25-23-20-17-14-11-8-5-2/h15-20,24-26,28,33,36,52H,4-14,21-23,27,29-32,34-35,37-51H2,1-3H3/b18-15-,19-16-,20-17-,26-24-,28-25-,36-33-/t52-/m0/s1. The van der Waals surface area contributed by atoms with Crippen LogP contribution >= 0.6 is 0 Å². The molecular formula is C55H94O6. The third kappa shape index (κ3) is 47.7. The fraction of sp³-hybridized carbons (Fsp3) is 0.727. The number of rotatable bonds is 45. The average Bonchev–Trinajstić information content (AvgIpc) is 3.26. The van der Waals surface area contributed by atoms with Gasteiger partial charge in [-0.05, 0) is 109 Å². The average molecular weight is 851 g/mol. The van der Waals surface area contributed by atoms with Crippen molar-refractivity contribution in [2.24, 2.45) is 0 Å². The van der Waals surface area contributed by atoms with Crippen LogP contribution in [0.1, 0.15) is 239 Å². The summed E-state index contributed by atoms with van der Waals surface area (Å²) in [6.45, 7) is 6.49. The second-order valence-corrected chi connectivity index (χ2v) is 16.7. The van der Waals surface area contributed by atoms with E-state index in [4.69, 9.17) is 14.2 Å². The molecule has 6 nitrogen and oxygen atoms in total. The van der Waals surface area contributed by atoms with Gasteiger partial charge < -0.3 is 14.2 Å². The quantitative estimate of drug-likeness (QED) is 0.0263. The minimum Gasteiger partial charge on any atom is -0.462 e. The summed E-state index contributed by atoms with van der Waals surface area (Å²) in [5.41, 5.74) is 0. The van der Waals surface area contributed by atoms with Crippen LogP contribution in [-0.2, 0) is 28.6 Å². The number of hydrogen-bond acceptors (Lipinski definition) is 6. The lowest BCUT2D eigenvalue weighted by Gasteiger charge is -2.18. The molecule has 0 N–H and O–H groups in total. The smallest absolute Gasteiger partial charge is 0.306 e. The second-order valence-electron chi connectivity index (χ2n) is 16.7. The summed E-state index contributed by atoms with van der Waals surface area (Å²) >= 11 is 0. The third-order valence-electron chi connectivity index (χ3n) is 10.7. The van der Waals surface area contributed by atoms with Crippen LogP contribution < -0.4 is 0 Å². The van der Waals surface area contributed by atoms with E-state index < -0.39 is 6.10 Å². The zero-order chi connectivity index (χ0) is 44.4. The van der Waals surface area contributed by atoms with Gasteiger partial charge in [-0.15, -0.1) is 0 Å². The predicted molar refractivity (Wildman–Crippen MR) is 261 cm³/mol. The molecule has 0 saturated carbocycles. The number of carbonyl (C=O) groups excluding carboxylic acids is 3. The molecular weight excluding hydrogens is 757 g/mol. The Morgan fingerprint density at radius 3 is 1.02 bits per heavy atom. The molecule has 0 radical (unpaired) electrons. The molecule has 0 unspecified atom stereocenters. The highest BCUT2D eigenvalue weighted by atomic mass is 16.6. The molecule has 0 aliphatic rings. The highest BCUT2D eigenvalue weighted by molar-refractivity contribution is 5.71. The number of hydrogen-bond donors (Lipinski definition) is 0. The van der Waals surface area contributed by atoms with Gasteiger partial charge >= 0.3 is 17.9 Å². The van der Waals surface area contributed by atoms with Gasteiger partial charge in [0.25, 0.3) is 0 Å². The number of allylic oxidation sites excluding steroid dienone is 12. The molecule has 0 amide bonds. The molecule has 0 rings (SSSR count). The SMILES string of the molecule is CCCC/C=C\CCCCCCCC(=O)OC[C@@H](COC(=O)CCCC/C=C\C/C=C\C/C=C\CCCCC)OC(=O)CCCCCCCCC/C=C\C/C=C\CCCCC. The summed E-state index contributed by atoms with van der Waals surface area (Å²) < 4.78 is 16.7. The molecule has 0 bridgehead atoms. The Bertz CT molecular complexity index is 1160. The Kier molecular flexibility index (Phi) is 46.9. The zero-order valence-electron chi connectivity index (χ0n) is 39.9. The van der Waals surface area contributed by atoms with Crippen LogP contribution in [-0.4, -0.2) is 37.2 Å². The van der Waals surface area contributed by atoms with E-state index in [2.05, 4.69) is 93.7 Å². The number of esters is 3. The van der Waals surface area contributed by atoms with Crippen molar-refractivity contribution in [3.8, 4) is 0 Å². The fourth-order valence-electron chi connectivity index (χ4n) is 6.75. The molecule has 0 saturated heterocycles. The van der Waals surface area contributed by atoms with Crippen molar-refractivity contribution < 1.29 is 28.6 Å². The minimum absolute atomic E-state index is 0.0956. The predicted octanol–water partition coefficient (Wildman–Crippen LogP) is 16.6. The van der Waals surface area contributed by atoms with Crippen LogP contribution in [0.5, 0.6) is 0 Å². The maximum Gasteiger partial charge on any atom is 0.306 e. The molecule has 0 aromatic heterocycles. The normalized spacial score (nSPS) is 12.6. The second kappa shape index (κ2) is 49.5. The van der Waals surface area contributed by atoms with Gasteiger partial charge in [0.05, 0.1) is 0 Å². The van der Waals surface area contributed by atoms with Crippen LogP contribution in [0.3, 0.4) is 0 Å². The van der Waals surface area contributed by atoms with E-state index in [9.17, 15) is 14.4 Å². The summed E-state index contributed by atoms with van der Waals surface area (Å²) in [6.07, 6.45) is 61.7. The molecule has 0 fully saturated rings. The van der Waals surface area contributed by atoms with Gasteiger partial charge in [0.1, 0.15) is 13.2 Å². The van der Waals surface area contributed by atoms with E-state index in [1.54, 1.807) is 0 Å². The van der Waals surface area contributed by atoms with Crippen molar-refractivity contribution in [2.45, 2.75) is 245 Å². The monoisotopic (exact) mass is 851 g/mol. The van der Waals surface area contributed by atoms with E-state index >= 15 is 0 Å². The molecule has 350 valence electrons. The van der Waals surface area contributed by atoms with Crippen molar-refractivity contribution in [1.29, 1.82) is 0 Å². The lowest BCUT2D eigenvalue weighted by Crippen LogP contribution is -2.30. The number of carbonyl (C=O) groups is 3. The first kappa shape index (κ1) is 57.9. The molecule has 61 heavy (non-hydrogen) atoms. The van der Waals surface area contributed by atoms with E-state index in [0.29, 0.717) is 19.3 Å². The van der Waals surface area contributed by atoms with Crippen molar-refractivity contribution >= 4 is 17.9 Å². The van der Waals surface area contributed by atoms with Crippen molar-refractivity contribution in [3.05, 3.63) is 72.9 Å². The van der Waals surface area contributed by atoms with Crippen LogP contribution in [0, 0.1) is 0 Å². The fourth-order valence-corrected chi connectivity index (χ4v) is 6.75. The summed E-state index contributed by atoms with van der Waals surface area (Å²) in [6, 6.07) is 0. The van der Waals surface area contributed by atoms with Crippen molar-refractivity contribution in [2.75, 3.05) is 13.2 Å². The van der Waals surface area contributed by atoms with Crippen LogP contribution in [0.4, 0.5) is 0 Å². The Labute approximate surface area is 376 Å². The maximum atomic E-state index is 12.8. The van der Waals surface area contributed by atoms with E-state index in [-0.39, 0.29) is 31.1 Å². The van der Waals surface area contributed by atoms with Crippen molar-refractivity contribution in [1.82, 2.24) is 0 Å². The van der Waals surface area contributed by atoms with Crippen LogP contribution in [0.25, 0.3) is 0 Å². The molecule has 0 aromatic carbocycles. The maximum absolute atomic E-state index is 12.8. The van der Waals surface area contributed by atoms with E-state index in [0.717, 1.165) is 96.3 Å². The van der Waals surface area contributed by atoms with E-state index in [1.165, 1.54) is 103 Å². The van der Waals surface area contributed by atoms with Gasteiger partial charge in [-0.25, -0.2) is 0 Å². The Morgan fingerprint density at radius 1 is 0.328 bits per heavy atom. The highest BCUT2D eigenvalue weighted by Crippen LogP contribution is 2.13. The largest absolute Gasteiger partial charge is 0.462 e. The summed E-state index contributed by atoms with van der Waals surface area (Å²) in [5.74, 6) is -0.953. The Balaban J connectivity index is 4.45. The molecule has 1 atom stereocenters. The topological polar surface area (TPSA) is 78.9 Å². The molecule has 0 aliphatic heterocycles. The van der Waals surface area contributed by atoms with Gasteiger partial charge in [-0.1, -0.05) is 184 Å². The summed E-state index contributed by atoms with van der Waals surface area (Å²) in [7, 11) is 0. The molecule has 0 aliphatic carbocycles. The lowest BCUT2D eigenvalue weighted by atomic mass is 10.1. The molecule has 0 aromatic rings. The van der Waals surface area contributed by atoms with Crippen LogP contribution in [0.2, 0.25) is 0 Å². The van der Waals surface area contributed by atoms with E-state index in [1.807, 2.05) is 0 Å². The Morgan fingerprint density at radius 2 is 0.607 bits per heavy atom. The molecule has 6 heteroatoms. The van der Waals surface area contributed by atoms with Crippen molar-refractivity contribution in [3.63, 3.8) is 0 Å². The summed E-state index contributed by atoms with van der Waals surface area (Å²) in [4.78, 5) is 37.9. The van der Waals surface area contributed by atoms with Gasteiger partial charge in [0.15, 0.2) is 6.10 Å². The van der Waals surface area contributed by atoms with Crippen LogP contribution in [0.15, 0.2) is 72.9 Å². The Hall–Kier alpha value is -3.15. The third-order valence-corrected chi connectivity index (χ3v) is 10.7. The first-order valence-electron chi connectivity index (χ1n) is 25.4. The minimum atomic E-state index is -0.797. The lowest BCUT2D eigenvalue weighted by molar-refractivity contribution is -0.167. The number of ether oxygens (including phenoxy) is 3.